The Labute approximate surface area is 198 Å². The van der Waals surface area contributed by atoms with Crippen LogP contribution in [0.15, 0.2) is 11.6 Å². The lowest BCUT2D eigenvalue weighted by Gasteiger charge is -2.66. The largest absolute Gasteiger partial charge is 0.392 e. The van der Waals surface area contributed by atoms with Gasteiger partial charge in [-0.05, 0) is 112 Å². The number of hydrogen-bond donors (Lipinski definition) is 1. The molecule has 0 bridgehead atoms. The zero-order valence-electron chi connectivity index (χ0n) is 22.3. The molecule has 1 saturated heterocycles. The van der Waals surface area contributed by atoms with Crippen LogP contribution in [0.2, 0.25) is 0 Å². The first kappa shape index (κ1) is 23.4. The lowest BCUT2D eigenvalue weighted by atomic mass is 9.39. The van der Waals surface area contributed by atoms with Gasteiger partial charge in [-0.25, -0.2) is 0 Å². The maximum absolute atomic E-state index is 10.8. The highest BCUT2D eigenvalue weighted by Gasteiger charge is 2.67. The van der Waals surface area contributed by atoms with Gasteiger partial charge in [0.05, 0.1) is 17.8 Å². The molecule has 5 aliphatic rings. The summed E-state index contributed by atoms with van der Waals surface area (Å²) < 4.78 is 5.90. The second-order valence-electron chi connectivity index (χ2n) is 14.6. The molecule has 0 spiro atoms. The van der Waals surface area contributed by atoms with Crippen LogP contribution in [0.4, 0.5) is 0 Å². The Morgan fingerprint density at radius 2 is 1.66 bits per heavy atom. The minimum absolute atomic E-state index is 0.0517. The molecule has 0 unspecified atom stereocenters. The fraction of sp³-hybridized carbons (Fsp3) is 0.933. The molecule has 0 aromatic carbocycles. The van der Waals surface area contributed by atoms with Gasteiger partial charge in [0.15, 0.2) is 0 Å². The third-order valence-corrected chi connectivity index (χ3v) is 12.6. The first-order valence-electron chi connectivity index (χ1n) is 13.8. The maximum Gasteiger partial charge on any atom is 0.0892 e. The lowest BCUT2D eigenvalue weighted by molar-refractivity contribution is -0.145. The quantitative estimate of drug-likeness (QED) is 0.360. The minimum atomic E-state index is -0.174. The lowest BCUT2D eigenvalue weighted by Crippen LogP contribution is -2.59. The van der Waals surface area contributed by atoms with Crippen molar-refractivity contribution in [2.45, 2.75) is 131 Å². The number of epoxide rings is 1. The van der Waals surface area contributed by atoms with Gasteiger partial charge in [-0.1, -0.05) is 53.2 Å². The number of fused-ring (bicyclic) bond motifs is 5. The highest BCUT2D eigenvalue weighted by molar-refractivity contribution is 5.30. The molecule has 1 aliphatic heterocycles. The second-order valence-corrected chi connectivity index (χ2v) is 14.6. The smallest absolute Gasteiger partial charge is 0.0892 e. The van der Waals surface area contributed by atoms with Crippen molar-refractivity contribution in [2.24, 2.45) is 45.3 Å². The maximum atomic E-state index is 10.8. The van der Waals surface area contributed by atoms with Crippen molar-refractivity contribution in [3.05, 3.63) is 11.6 Å². The molecule has 4 fully saturated rings. The Morgan fingerprint density at radius 3 is 2.31 bits per heavy atom. The Balaban J connectivity index is 1.39. The summed E-state index contributed by atoms with van der Waals surface area (Å²) in [5.41, 5.74) is 2.98. The number of ether oxygens (including phenoxy) is 1. The molecule has 5 rings (SSSR count). The fourth-order valence-electron chi connectivity index (χ4n) is 9.99. The van der Waals surface area contributed by atoms with E-state index in [1.165, 1.54) is 51.4 Å². The molecule has 0 aromatic rings. The molecular formula is C30H50O2. The number of aliphatic hydroxyl groups is 1. The molecule has 4 aliphatic carbocycles. The number of allylic oxidation sites excluding steroid dienone is 1. The van der Waals surface area contributed by atoms with Crippen LogP contribution in [0.25, 0.3) is 0 Å². The Bertz CT molecular complexity index is 795. The predicted molar refractivity (Wildman–Crippen MR) is 132 cm³/mol. The molecule has 2 heteroatoms. The standard InChI is InChI=1S/C30H50O2/c1-19(9-14-25-27(4,5)32-25)20-15-16-30(8)23-12-10-21-22(11-13-24(31)26(21,2)3)28(23,6)17-18-29(20,30)7/h10,19-20,22-25,31H,9,11-18H2,1-8H3/t19-,20+,22-,23-,24+,25+,28+,29+,30-/m1/s1. The summed E-state index contributed by atoms with van der Waals surface area (Å²) in [5, 5.41) is 10.8. The van der Waals surface area contributed by atoms with Crippen molar-refractivity contribution in [3.63, 3.8) is 0 Å². The fourth-order valence-corrected chi connectivity index (χ4v) is 9.99. The SMILES string of the molecule is C[C@H](CC[C@@H]1OC1(C)C)[C@@H]1CC[C@]2(C)[C@@H]3CC=C4[C@@H](CC[C@H](O)C4(C)C)[C@]3(C)CC[C@@]12C. The minimum Gasteiger partial charge on any atom is -0.392 e. The monoisotopic (exact) mass is 442 g/mol. The van der Waals surface area contributed by atoms with E-state index < -0.39 is 0 Å². The van der Waals surface area contributed by atoms with E-state index in [0.717, 1.165) is 24.2 Å². The van der Waals surface area contributed by atoms with Crippen molar-refractivity contribution >= 4 is 0 Å². The molecular weight excluding hydrogens is 392 g/mol. The van der Waals surface area contributed by atoms with Crippen LogP contribution in [0.3, 0.4) is 0 Å². The third kappa shape index (κ3) is 3.03. The van der Waals surface area contributed by atoms with Crippen molar-refractivity contribution in [2.75, 3.05) is 0 Å². The number of aliphatic hydroxyl groups excluding tert-OH is 1. The van der Waals surface area contributed by atoms with Crippen molar-refractivity contribution < 1.29 is 9.84 Å². The van der Waals surface area contributed by atoms with Crippen LogP contribution in [0.5, 0.6) is 0 Å². The molecule has 0 amide bonds. The van der Waals surface area contributed by atoms with Gasteiger partial charge in [0, 0.05) is 5.41 Å². The van der Waals surface area contributed by atoms with Gasteiger partial charge in [-0.15, -0.1) is 0 Å². The number of hydrogen-bond acceptors (Lipinski definition) is 2. The van der Waals surface area contributed by atoms with Gasteiger partial charge in [-0.3, -0.25) is 0 Å². The summed E-state index contributed by atoms with van der Waals surface area (Å²) in [6.45, 7) is 19.7. The molecule has 182 valence electrons. The summed E-state index contributed by atoms with van der Waals surface area (Å²) in [7, 11) is 0. The van der Waals surface area contributed by atoms with Crippen LogP contribution >= 0.6 is 0 Å². The average Bonchev–Trinajstić information content (AvgIpc) is 3.22. The van der Waals surface area contributed by atoms with Gasteiger partial charge in [0.1, 0.15) is 0 Å². The van der Waals surface area contributed by atoms with E-state index in [2.05, 4.69) is 61.5 Å². The van der Waals surface area contributed by atoms with Crippen LogP contribution in [0.1, 0.15) is 113 Å². The summed E-state index contributed by atoms with van der Waals surface area (Å²) in [5.74, 6) is 3.11. The normalized spacial score (nSPS) is 51.8. The summed E-state index contributed by atoms with van der Waals surface area (Å²) in [6.07, 6.45) is 14.5. The molecule has 1 heterocycles. The first-order valence-corrected chi connectivity index (χ1v) is 13.8. The van der Waals surface area contributed by atoms with E-state index >= 15 is 0 Å². The first-order chi connectivity index (χ1) is 14.8. The van der Waals surface area contributed by atoms with E-state index in [1.54, 1.807) is 5.57 Å². The molecule has 3 saturated carbocycles. The zero-order chi connectivity index (χ0) is 23.3. The van der Waals surface area contributed by atoms with Gasteiger partial charge < -0.3 is 9.84 Å². The van der Waals surface area contributed by atoms with Gasteiger partial charge >= 0.3 is 0 Å². The molecule has 32 heavy (non-hydrogen) atoms. The van der Waals surface area contributed by atoms with E-state index in [-0.39, 0.29) is 17.1 Å². The van der Waals surface area contributed by atoms with Gasteiger partial charge in [-0.2, -0.15) is 0 Å². The third-order valence-electron chi connectivity index (χ3n) is 12.6. The van der Waals surface area contributed by atoms with Gasteiger partial charge in [0.2, 0.25) is 0 Å². The van der Waals surface area contributed by atoms with Crippen molar-refractivity contribution in [1.82, 2.24) is 0 Å². The molecule has 9 atom stereocenters. The van der Waals surface area contributed by atoms with Crippen molar-refractivity contribution in [3.8, 4) is 0 Å². The number of rotatable bonds is 4. The molecule has 0 radical (unpaired) electrons. The average molecular weight is 443 g/mol. The van der Waals surface area contributed by atoms with E-state index in [1.807, 2.05) is 0 Å². The van der Waals surface area contributed by atoms with E-state index in [0.29, 0.717) is 28.3 Å². The molecule has 1 N–H and O–H groups in total. The Hall–Kier alpha value is -0.340. The highest BCUT2D eigenvalue weighted by Crippen LogP contribution is 2.75. The van der Waals surface area contributed by atoms with Crippen LogP contribution in [0, 0.1) is 45.3 Å². The zero-order valence-corrected chi connectivity index (χ0v) is 22.3. The predicted octanol–water partition coefficient (Wildman–Crippen LogP) is 7.55. The second kappa shape index (κ2) is 7.09. The molecule has 0 aromatic heterocycles. The van der Waals surface area contributed by atoms with Crippen LogP contribution in [-0.2, 0) is 4.74 Å². The topological polar surface area (TPSA) is 32.8 Å². The van der Waals surface area contributed by atoms with Crippen LogP contribution < -0.4 is 0 Å². The van der Waals surface area contributed by atoms with Crippen molar-refractivity contribution in [1.29, 1.82) is 0 Å². The summed E-state index contributed by atoms with van der Waals surface area (Å²) in [6, 6.07) is 0. The van der Waals surface area contributed by atoms with Crippen LogP contribution in [-0.4, -0.2) is 22.9 Å². The van der Waals surface area contributed by atoms with E-state index in [4.69, 9.17) is 4.74 Å². The van der Waals surface area contributed by atoms with E-state index in [9.17, 15) is 5.11 Å². The Kier molecular flexibility index (Phi) is 5.19. The highest BCUT2D eigenvalue weighted by atomic mass is 16.6. The summed E-state index contributed by atoms with van der Waals surface area (Å²) in [4.78, 5) is 0. The molecule has 2 nitrogen and oxygen atoms in total. The summed E-state index contributed by atoms with van der Waals surface area (Å²) >= 11 is 0. The Morgan fingerprint density at radius 1 is 0.969 bits per heavy atom. The van der Waals surface area contributed by atoms with Gasteiger partial charge in [0.25, 0.3) is 0 Å².